The first-order chi connectivity index (χ1) is 13.5. The highest BCUT2D eigenvalue weighted by Gasteiger charge is 2.19. The molecule has 1 atom stereocenters. The van der Waals surface area contributed by atoms with Crippen LogP contribution in [0.2, 0.25) is 5.02 Å². The van der Waals surface area contributed by atoms with E-state index in [-0.39, 0.29) is 0 Å². The van der Waals surface area contributed by atoms with Gasteiger partial charge in [0.05, 0.1) is 5.69 Å². The maximum atomic E-state index is 6.02. The molecule has 8 nitrogen and oxygen atoms in total. The molecule has 0 saturated heterocycles. The third-order valence-electron chi connectivity index (χ3n) is 4.05. The zero-order valence-electron chi connectivity index (χ0n) is 15.0. The summed E-state index contributed by atoms with van der Waals surface area (Å²) < 4.78 is 8.86. The fourth-order valence-corrected chi connectivity index (χ4v) is 3.12. The van der Waals surface area contributed by atoms with Crippen LogP contribution in [0.3, 0.4) is 0 Å². The highest BCUT2D eigenvalue weighted by Crippen LogP contribution is 2.24. The van der Waals surface area contributed by atoms with Gasteiger partial charge in [-0.1, -0.05) is 34.9 Å². The molecule has 0 amide bonds. The second-order valence-electron chi connectivity index (χ2n) is 6.05. The standard InChI is InChI=1S/C18H15ClIN7O/c1-11(16-21-25-27(24-16)15-5-3-4-13(19)10-15)28-18-23-22-17(26(18)2)12-6-8-14(20)9-7-12/h3-11H,1-2H3/t11-/m1/s1. The van der Waals surface area contributed by atoms with Gasteiger partial charge in [0, 0.05) is 21.2 Å². The van der Waals surface area contributed by atoms with Crippen molar-refractivity contribution >= 4 is 34.2 Å². The smallest absolute Gasteiger partial charge is 0.317 e. The summed E-state index contributed by atoms with van der Waals surface area (Å²) in [6.45, 7) is 1.83. The molecule has 0 spiro atoms. The van der Waals surface area contributed by atoms with Crippen LogP contribution in [0.4, 0.5) is 0 Å². The molecule has 0 radical (unpaired) electrons. The van der Waals surface area contributed by atoms with Crippen molar-refractivity contribution in [2.75, 3.05) is 0 Å². The van der Waals surface area contributed by atoms with Gasteiger partial charge >= 0.3 is 6.01 Å². The van der Waals surface area contributed by atoms with Crippen molar-refractivity contribution in [3.8, 4) is 23.1 Å². The van der Waals surface area contributed by atoms with Crippen LogP contribution in [0.1, 0.15) is 18.9 Å². The lowest BCUT2D eigenvalue weighted by Gasteiger charge is -2.10. The number of halogens is 2. The Morgan fingerprint density at radius 2 is 1.86 bits per heavy atom. The van der Waals surface area contributed by atoms with Gasteiger partial charge in [-0.25, -0.2) is 0 Å². The normalized spacial score (nSPS) is 12.1. The third kappa shape index (κ3) is 3.85. The Labute approximate surface area is 179 Å². The van der Waals surface area contributed by atoms with E-state index in [1.165, 1.54) is 4.80 Å². The fraction of sp³-hybridized carbons (Fsp3) is 0.167. The van der Waals surface area contributed by atoms with Crippen molar-refractivity contribution in [3.63, 3.8) is 0 Å². The van der Waals surface area contributed by atoms with Gasteiger partial charge in [-0.2, -0.15) is 0 Å². The Morgan fingerprint density at radius 1 is 1.07 bits per heavy atom. The van der Waals surface area contributed by atoms with Crippen LogP contribution in [0.15, 0.2) is 48.5 Å². The number of hydrogen-bond donors (Lipinski definition) is 0. The summed E-state index contributed by atoms with van der Waals surface area (Å²) in [5, 5.41) is 21.5. The van der Waals surface area contributed by atoms with Crippen molar-refractivity contribution < 1.29 is 4.74 Å². The van der Waals surface area contributed by atoms with E-state index in [0.717, 1.165) is 14.8 Å². The monoisotopic (exact) mass is 507 g/mol. The first-order valence-corrected chi connectivity index (χ1v) is 9.85. The molecular formula is C18H15ClIN7O. The summed E-state index contributed by atoms with van der Waals surface area (Å²) in [6.07, 6.45) is -0.458. The lowest BCUT2D eigenvalue weighted by atomic mass is 10.2. The van der Waals surface area contributed by atoms with Crippen LogP contribution in [0, 0.1) is 3.57 Å². The van der Waals surface area contributed by atoms with Gasteiger partial charge in [0.25, 0.3) is 0 Å². The number of hydrogen-bond acceptors (Lipinski definition) is 6. The summed E-state index contributed by atoms with van der Waals surface area (Å²) in [5.41, 5.74) is 1.68. The van der Waals surface area contributed by atoms with Gasteiger partial charge in [-0.15, -0.1) is 20.1 Å². The van der Waals surface area contributed by atoms with Crippen molar-refractivity contribution in [3.05, 3.63) is 62.9 Å². The molecule has 10 heteroatoms. The molecule has 4 rings (SSSR count). The topological polar surface area (TPSA) is 83.5 Å². The number of aromatic nitrogens is 7. The van der Waals surface area contributed by atoms with Crippen LogP contribution >= 0.6 is 34.2 Å². The first-order valence-electron chi connectivity index (χ1n) is 8.39. The van der Waals surface area contributed by atoms with Crippen molar-refractivity contribution in [1.29, 1.82) is 0 Å². The molecule has 28 heavy (non-hydrogen) atoms. The minimum atomic E-state index is -0.458. The van der Waals surface area contributed by atoms with Gasteiger partial charge in [-0.3, -0.25) is 4.57 Å². The van der Waals surface area contributed by atoms with Crippen LogP contribution in [-0.4, -0.2) is 35.0 Å². The average molecular weight is 508 g/mol. The first kappa shape index (κ1) is 18.8. The molecule has 0 bridgehead atoms. The zero-order chi connectivity index (χ0) is 19.7. The molecule has 0 unspecified atom stereocenters. The van der Waals surface area contributed by atoms with Gasteiger partial charge in [-0.05, 0) is 65.1 Å². The summed E-state index contributed by atoms with van der Waals surface area (Å²) >= 11 is 8.28. The number of rotatable bonds is 5. The maximum Gasteiger partial charge on any atom is 0.317 e. The van der Waals surface area contributed by atoms with Crippen molar-refractivity contribution in [2.24, 2.45) is 7.05 Å². The van der Waals surface area contributed by atoms with E-state index >= 15 is 0 Å². The molecule has 0 aliphatic rings. The van der Waals surface area contributed by atoms with E-state index in [0.29, 0.717) is 22.7 Å². The van der Waals surface area contributed by atoms with E-state index < -0.39 is 6.10 Å². The zero-order valence-corrected chi connectivity index (χ0v) is 17.9. The average Bonchev–Trinajstić information content (AvgIpc) is 3.31. The Morgan fingerprint density at radius 3 is 2.61 bits per heavy atom. The highest BCUT2D eigenvalue weighted by atomic mass is 127. The van der Waals surface area contributed by atoms with E-state index in [4.69, 9.17) is 16.3 Å². The Balaban J connectivity index is 1.53. The largest absolute Gasteiger partial charge is 0.452 e. The van der Waals surface area contributed by atoms with Crippen molar-refractivity contribution in [2.45, 2.75) is 13.0 Å². The fourth-order valence-electron chi connectivity index (χ4n) is 2.58. The van der Waals surface area contributed by atoms with Gasteiger partial charge < -0.3 is 4.74 Å². The molecule has 0 saturated carbocycles. The third-order valence-corrected chi connectivity index (χ3v) is 5.01. The maximum absolute atomic E-state index is 6.02. The van der Waals surface area contributed by atoms with Gasteiger partial charge in [0.2, 0.25) is 5.82 Å². The van der Waals surface area contributed by atoms with E-state index in [2.05, 4.69) is 48.2 Å². The highest BCUT2D eigenvalue weighted by molar-refractivity contribution is 14.1. The molecule has 142 valence electrons. The summed E-state index contributed by atoms with van der Waals surface area (Å²) in [7, 11) is 1.85. The molecule has 0 aliphatic carbocycles. The SMILES string of the molecule is C[C@@H](Oc1nnc(-c2ccc(I)cc2)n1C)c1nnn(-c2cccc(Cl)c2)n1. The molecule has 0 fully saturated rings. The number of nitrogens with zero attached hydrogens (tertiary/aromatic N) is 7. The quantitative estimate of drug-likeness (QED) is 0.382. The van der Waals surface area contributed by atoms with Crippen LogP contribution < -0.4 is 4.74 Å². The van der Waals surface area contributed by atoms with Crippen LogP contribution in [0.5, 0.6) is 6.01 Å². The number of ether oxygens (including phenoxy) is 1. The Bertz CT molecular complexity index is 1110. The number of tetrazole rings is 1. The molecular weight excluding hydrogens is 493 g/mol. The predicted molar refractivity (Wildman–Crippen MR) is 112 cm³/mol. The minimum Gasteiger partial charge on any atom is -0.452 e. The molecule has 0 N–H and O–H groups in total. The molecule has 2 heterocycles. The second kappa shape index (κ2) is 7.84. The van der Waals surface area contributed by atoms with Crippen molar-refractivity contribution in [1.82, 2.24) is 35.0 Å². The predicted octanol–water partition coefficient (Wildman–Crippen LogP) is 3.86. The molecule has 2 aromatic heterocycles. The van der Waals surface area contributed by atoms with Crippen LogP contribution in [-0.2, 0) is 7.05 Å². The molecule has 4 aromatic rings. The number of benzene rings is 2. The Kier molecular flexibility index (Phi) is 5.27. The van der Waals surface area contributed by atoms with Gasteiger partial charge in [0.1, 0.15) is 0 Å². The lowest BCUT2D eigenvalue weighted by Crippen LogP contribution is -2.09. The second-order valence-corrected chi connectivity index (χ2v) is 7.73. The van der Waals surface area contributed by atoms with E-state index in [9.17, 15) is 0 Å². The molecule has 0 aliphatic heterocycles. The summed E-state index contributed by atoms with van der Waals surface area (Å²) in [4.78, 5) is 1.41. The molecule has 2 aromatic carbocycles. The van der Waals surface area contributed by atoms with E-state index in [1.807, 2.05) is 50.4 Å². The Hall–Kier alpha value is -2.53. The van der Waals surface area contributed by atoms with Gasteiger partial charge in [0.15, 0.2) is 11.9 Å². The lowest BCUT2D eigenvalue weighted by molar-refractivity contribution is 0.190. The summed E-state index contributed by atoms with van der Waals surface area (Å²) in [6, 6.07) is 15.6. The van der Waals surface area contributed by atoms with E-state index in [1.54, 1.807) is 16.7 Å². The summed E-state index contributed by atoms with van der Waals surface area (Å²) in [5.74, 6) is 1.15. The van der Waals surface area contributed by atoms with Crippen LogP contribution in [0.25, 0.3) is 17.1 Å². The minimum absolute atomic E-state index is 0.375.